The average Bonchev–Trinajstić information content (AvgIpc) is 2.25. The molecule has 0 heterocycles. The fourth-order valence-corrected chi connectivity index (χ4v) is 2.13. The number of rotatable bonds is 6. The zero-order valence-electron chi connectivity index (χ0n) is 9.77. The Morgan fingerprint density at radius 1 is 1.35 bits per heavy atom. The van der Waals surface area contributed by atoms with Gasteiger partial charge in [0, 0.05) is 4.47 Å². The van der Waals surface area contributed by atoms with Crippen molar-refractivity contribution in [3.63, 3.8) is 0 Å². The highest BCUT2D eigenvalue weighted by atomic mass is 79.9. The van der Waals surface area contributed by atoms with Gasteiger partial charge in [-0.1, -0.05) is 34.1 Å². The second-order valence-electron chi connectivity index (χ2n) is 4.26. The smallest absolute Gasteiger partial charge is 0.306 e. The third kappa shape index (κ3) is 4.88. The van der Waals surface area contributed by atoms with Gasteiger partial charge in [-0.05, 0) is 37.8 Å². The summed E-state index contributed by atoms with van der Waals surface area (Å²) in [5.74, 6) is -1.25. The fraction of sp³-hybridized carbons (Fsp3) is 0.462. The van der Waals surface area contributed by atoms with Crippen LogP contribution in [0.25, 0.3) is 0 Å². The van der Waals surface area contributed by atoms with E-state index in [1.54, 1.807) is 6.92 Å². The molecule has 0 aliphatic heterocycles. The number of aliphatic carboxylic acids is 1. The van der Waals surface area contributed by atoms with E-state index in [1.807, 2.05) is 24.3 Å². The van der Waals surface area contributed by atoms with Gasteiger partial charge in [0.1, 0.15) is 0 Å². The molecule has 0 saturated heterocycles. The van der Waals surface area contributed by atoms with Crippen LogP contribution in [0, 0.1) is 5.92 Å². The van der Waals surface area contributed by atoms with Crippen molar-refractivity contribution in [2.24, 2.45) is 5.92 Å². The van der Waals surface area contributed by atoms with Crippen molar-refractivity contribution in [1.29, 1.82) is 0 Å². The summed E-state index contributed by atoms with van der Waals surface area (Å²) < 4.78 is 0.934. The number of aliphatic hydroxyl groups is 1. The van der Waals surface area contributed by atoms with E-state index >= 15 is 0 Å². The maximum absolute atomic E-state index is 11.1. The summed E-state index contributed by atoms with van der Waals surface area (Å²) in [6.45, 7) is 1.68. The van der Waals surface area contributed by atoms with Crippen LogP contribution < -0.4 is 0 Å². The molecule has 1 aromatic rings. The number of hydrogen-bond acceptors (Lipinski definition) is 2. The van der Waals surface area contributed by atoms with E-state index < -0.39 is 18.0 Å². The van der Waals surface area contributed by atoms with Gasteiger partial charge in [-0.25, -0.2) is 0 Å². The lowest BCUT2D eigenvalue weighted by molar-refractivity contribution is -0.142. The molecule has 17 heavy (non-hydrogen) atoms. The second-order valence-corrected chi connectivity index (χ2v) is 5.11. The summed E-state index contributed by atoms with van der Waals surface area (Å²) in [4.78, 5) is 11.1. The maximum atomic E-state index is 11.1. The summed E-state index contributed by atoms with van der Waals surface area (Å²) in [5.41, 5.74) is 0.991. The zero-order valence-corrected chi connectivity index (χ0v) is 11.4. The van der Waals surface area contributed by atoms with Gasteiger partial charge in [0.15, 0.2) is 0 Å². The quantitative estimate of drug-likeness (QED) is 0.849. The zero-order chi connectivity index (χ0) is 12.8. The van der Waals surface area contributed by atoms with Crippen molar-refractivity contribution in [1.82, 2.24) is 0 Å². The minimum absolute atomic E-state index is 0.441. The molecule has 2 N–H and O–H groups in total. The van der Waals surface area contributed by atoms with E-state index in [1.165, 1.54) is 0 Å². The summed E-state index contributed by atoms with van der Waals surface area (Å²) in [7, 11) is 0. The number of hydrogen-bond donors (Lipinski definition) is 2. The third-order valence-corrected chi connectivity index (χ3v) is 3.48. The minimum Gasteiger partial charge on any atom is -0.481 e. The Morgan fingerprint density at radius 3 is 2.53 bits per heavy atom. The lowest BCUT2D eigenvalue weighted by Gasteiger charge is -2.14. The standard InChI is InChI=1S/C13H17BrO3/c1-9(15)6-7-11(13(16)17)8-10-4-2-3-5-12(10)14/h2-5,9,11,15H,6-8H2,1H3,(H,16,17). The monoisotopic (exact) mass is 300 g/mol. The van der Waals surface area contributed by atoms with Crippen LogP contribution in [0.4, 0.5) is 0 Å². The van der Waals surface area contributed by atoms with Crippen LogP contribution in [0.1, 0.15) is 25.3 Å². The summed E-state index contributed by atoms with van der Waals surface area (Å²) in [6.07, 6.45) is 1.05. The first-order valence-corrected chi connectivity index (χ1v) is 6.44. The van der Waals surface area contributed by atoms with Gasteiger partial charge in [0.05, 0.1) is 12.0 Å². The van der Waals surface area contributed by atoms with Crippen LogP contribution >= 0.6 is 15.9 Å². The Balaban J connectivity index is 2.67. The predicted molar refractivity (Wildman–Crippen MR) is 69.9 cm³/mol. The number of carbonyl (C=O) groups is 1. The van der Waals surface area contributed by atoms with Gasteiger partial charge in [0.2, 0.25) is 0 Å². The number of carboxylic acid groups (broad SMARTS) is 1. The number of halogens is 1. The molecule has 1 aromatic carbocycles. The Labute approximate surface area is 110 Å². The molecular weight excluding hydrogens is 284 g/mol. The molecule has 0 bridgehead atoms. The van der Waals surface area contributed by atoms with Crippen molar-refractivity contribution in [3.05, 3.63) is 34.3 Å². The number of carboxylic acids is 1. The van der Waals surface area contributed by atoms with Gasteiger partial charge in [-0.15, -0.1) is 0 Å². The van der Waals surface area contributed by atoms with E-state index in [-0.39, 0.29) is 0 Å². The summed E-state index contributed by atoms with van der Waals surface area (Å²) >= 11 is 3.41. The van der Waals surface area contributed by atoms with Crippen LogP contribution in [-0.4, -0.2) is 22.3 Å². The van der Waals surface area contributed by atoms with Crippen molar-refractivity contribution < 1.29 is 15.0 Å². The van der Waals surface area contributed by atoms with E-state index in [9.17, 15) is 9.90 Å². The average molecular weight is 301 g/mol. The van der Waals surface area contributed by atoms with Gasteiger partial charge < -0.3 is 10.2 Å². The molecule has 0 amide bonds. The van der Waals surface area contributed by atoms with Crippen LogP contribution in [0.15, 0.2) is 28.7 Å². The minimum atomic E-state index is -0.804. The van der Waals surface area contributed by atoms with E-state index in [4.69, 9.17) is 5.11 Å². The first kappa shape index (κ1) is 14.2. The van der Waals surface area contributed by atoms with E-state index in [0.717, 1.165) is 10.0 Å². The molecule has 2 atom stereocenters. The van der Waals surface area contributed by atoms with Crippen LogP contribution in [0.3, 0.4) is 0 Å². The van der Waals surface area contributed by atoms with Crippen molar-refractivity contribution >= 4 is 21.9 Å². The van der Waals surface area contributed by atoms with Crippen LogP contribution in [0.5, 0.6) is 0 Å². The van der Waals surface area contributed by atoms with E-state index in [0.29, 0.717) is 19.3 Å². The molecular formula is C13H17BrO3. The number of aliphatic hydroxyl groups excluding tert-OH is 1. The first-order valence-electron chi connectivity index (χ1n) is 5.65. The van der Waals surface area contributed by atoms with Gasteiger partial charge in [0.25, 0.3) is 0 Å². The largest absolute Gasteiger partial charge is 0.481 e. The number of benzene rings is 1. The molecule has 1 rings (SSSR count). The third-order valence-electron chi connectivity index (χ3n) is 2.71. The first-order chi connectivity index (χ1) is 8.00. The molecule has 0 saturated carbocycles. The van der Waals surface area contributed by atoms with Crippen molar-refractivity contribution in [3.8, 4) is 0 Å². The normalized spacial score (nSPS) is 14.3. The molecule has 0 fully saturated rings. The Kier molecular flexibility index (Phi) is 5.65. The second kappa shape index (κ2) is 6.77. The highest BCUT2D eigenvalue weighted by molar-refractivity contribution is 9.10. The fourth-order valence-electron chi connectivity index (χ4n) is 1.68. The summed E-state index contributed by atoms with van der Waals surface area (Å²) in [5, 5.41) is 18.3. The molecule has 0 spiro atoms. The molecule has 0 aliphatic carbocycles. The molecule has 3 nitrogen and oxygen atoms in total. The van der Waals surface area contributed by atoms with Crippen molar-refractivity contribution in [2.45, 2.75) is 32.3 Å². The highest BCUT2D eigenvalue weighted by Gasteiger charge is 2.19. The predicted octanol–water partition coefficient (Wildman–Crippen LogP) is 2.85. The molecule has 0 radical (unpaired) electrons. The maximum Gasteiger partial charge on any atom is 0.306 e. The van der Waals surface area contributed by atoms with Crippen LogP contribution in [-0.2, 0) is 11.2 Å². The lowest BCUT2D eigenvalue weighted by Crippen LogP contribution is -2.18. The molecule has 2 unspecified atom stereocenters. The van der Waals surface area contributed by atoms with Crippen LogP contribution in [0.2, 0.25) is 0 Å². The molecule has 0 aromatic heterocycles. The topological polar surface area (TPSA) is 57.5 Å². The highest BCUT2D eigenvalue weighted by Crippen LogP contribution is 2.22. The molecule has 4 heteroatoms. The van der Waals surface area contributed by atoms with E-state index in [2.05, 4.69) is 15.9 Å². The van der Waals surface area contributed by atoms with Gasteiger partial charge in [-0.3, -0.25) is 4.79 Å². The summed E-state index contributed by atoms with van der Waals surface area (Å²) in [6, 6.07) is 7.62. The Hall–Kier alpha value is -0.870. The Bertz CT molecular complexity index is 377. The lowest BCUT2D eigenvalue weighted by atomic mass is 9.94. The Morgan fingerprint density at radius 2 is 2.00 bits per heavy atom. The van der Waals surface area contributed by atoms with Crippen molar-refractivity contribution in [2.75, 3.05) is 0 Å². The van der Waals surface area contributed by atoms with Gasteiger partial charge in [-0.2, -0.15) is 0 Å². The van der Waals surface area contributed by atoms with Gasteiger partial charge >= 0.3 is 5.97 Å². The molecule has 94 valence electrons. The molecule has 0 aliphatic rings. The SMILES string of the molecule is CC(O)CCC(Cc1ccccc1Br)C(=O)O.